The van der Waals surface area contributed by atoms with Crippen LogP contribution in [0.15, 0.2) is 59.2 Å². The molecular weight excluding hydrogens is 518 g/mol. The van der Waals surface area contributed by atoms with E-state index in [1.807, 2.05) is 36.4 Å². The van der Waals surface area contributed by atoms with Crippen LogP contribution in [-0.2, 0) is 9.47 Å². The van der Waals surface area contributed by atoms with E-state index in [0.717, 1.165) is 47.8 Å². The number of fused-ring (bicyclic) bond motifs is 1. The van der Waals surface area contributed by atoms with E-state index >= 15 is 0 Å². The maximum atomic E-state index is 12.4. The Balaban J connectivity index is 1.43. The third-order valence-corrected chi connectivity index (χ3v) is 7.16. The maximum Gasteiger partial charge on any atom is 0.350 e. The molecule has 2 N–H and O–H groups in total. The van der Waals surface area contributed by atoms with Crippen LogP contribution in [0.25, 0.3) is 10.1 Å². The van der Waals surface area contributed by atoms with Crippen molar-refractivity contribution in [3.05, 3.63) is 64.1 Å². The van der Waals surface area contributed by atoms with Gasteiger partial charge in [0.15, 0.2) is 0 Å². The Morgan fingerprint density at radius 3 is 2.79 bits per heavy atom. The zero-order chi connectivity index (χ0) is 23.5. The van der Waals surface area contributed by atoms with Crippen molar-refractivity contribution in [1.29, 1.82) is 0 Å². The summed E-state index contributed by atoms with van der Waals surface area (Å²) in [5.41, 5.74) is 2.66. The van der Waals surface area contributed by atoms with E-state index in [2.05, 4.69) is 53.6 Å². The summed E-state index contributed by atoms with van der Waals surface area (Å²) in [5, 5.41) is 7.53. The number of hydrogen-bond acceptors (Lipinski definition) is 9. The van der Waals surface area contributed by atoms with E-state index in [1.165, 1.54) is 18.4 Å². The van der Waals surface area contributed by atoms with Gasteiger partial charge in [-0.05, 0) is 40.2 Å². The van der Waals surface area contributed by atoms with E-state index < -0.39 is 5.97 Å². The molecule has 0 atom stereocenters. The lowest BCUT2D eigenvalue weighted by atomic mass is 10.2. The van der Waals surface area contributed by atoms with Crippen LogP contribution in [0.3, 0.4) is 0 Å². The molecule has 0 amide bonds. The van der Waals surface area contributed by atoms with Crippen molar-refractivity contribution in [3.63, 3.8) is 0 Å². The lowest BCUT2D eigenvalue weighted by Crippen LogP contribution is -2.36. The van der Waals surface area contributed by atoms with Crippen molar-refractivity contribution in [1.82, 2.24) is 9.97 Å². The Labute approximate surface area is 209 Å². The number of ether oxygens (including phenoxy) is 2. The summed E-state index contributed by atoms with van der Waals surface area (Å²) in [6, 6.07) is 16.0. The number of carbonyl (C=O) groups excluding carboxylic acids is 1. The highest BCUT2D eigenvalue weighted by molar-refractivity contribution is 9.10. The van der Waals surface area contributed by atoms with Crippen molar-refractivity contribution in [2.45, 2.75) is 0 Å². The first-order valence-corrected chi connectivity index (χ1v) is 12.3. The molecule has 2 aromatic heterocycles. The normalized spacial score (nSPS) is 13.6. The zero-order valence-electron chi connectivity index (χ0n) is 18.4. The highest BCUT2D eigenvalue weighted by Gasteiger charge is 2.20. The number of rotatable bonds is 6. The molecule has 0 unspecified atom stereocenters. The molecule has 4 aromatic rings. The van der Waals surface area contributed by atoms with Crippen LogP contribution in [0, 0.1) is 0 Å². The number of hydrogen-bond donors (Lipinski definition) is 2. The first kappa shape index (κ1) is 22.6. The van der Waals surface area contributed by atoms with Crippen LogP contribution in [-0.4, -0.2) is 49.4 Å². The summed E-state index contributed by atoms with van der Waals surface area (Å²) < 4.78 is 12.1. The Bertz CT molecular complexity index is 1340. The minimum atomic E-state index is -0.396. The topological polar surface area (TPSA) is 88.6 Å². The Kier molecular flexibility index (Phi) is 6.61. The number of halogens is 1. The van der Waals surface area contributed by atoms with Gasteiger partial charge >= 0.3 is 5.97 Å². The minimum absolute atomic E-state index is 0.396. The van der Waals surface area contributed by atoms with Crippen molar-refractivity contribution in [2.75, 3.05) is 48.9 Å². The Morgan fingerprint density at radius 2 is 1.97 bits per heavy atom. The second kappa shape index (κ2) is 9.96. The van der Waals surface area contributed by atoms with Gasteiger partial charge in [0.1, 0.15) is 10.7 Å². The number of methoxy groups -OCH3 is 1. The average Bonchev–Trinajstić information content (AvgIpc) is 3.24. The van der Waals surface area contributed by atoms with Crippen molar-refractivity contribution in [2.24, 2.45) is 0 Å². The monoisotopic (exact) mass is 539 g/mol. The number of nitrogens with zero attached hydrogens (tertiary/aromatic N) is 3. The molecule has 34 heavy (non-hydrogen) atoms. The third-order valence-electron chi connectivity index (χ3n) is 5.43. The molecule has 0 saturated carbocycles. The van der Waals surface area contributed by atoms with Gasteiger partial charge in [-0.1, -0.05) is 24.3 Å². The van der Waals surface area contributed by atoms with Gasteiger partial charge in [-0.3, -0.25) is 0 Å². The summed E-state index contributed by atoms with van der Waals surface area (Å²) >= 11 is 4.90. The van der Waals surface area contributed by atoms with Gasteiger partial charge in [-0.25, -0.2) is 9.78 Å². The molecule has 0 bridgehead atoms. The van der Waals surface area contributed by atoms with Crippen LogP contribution in [0.1, 0.15) is 9.67 Å². The predicted molar refractivity (Wildman–Crippen MR) is 139 cm³/mol. The van der Waals surface area contributed by atoms with Crippen LogP contribution in [0.5, 0.6) is 0 Å². The van der Waals surface area contributed by atoms with E-state index in [1.54, 1.807) is 6.20 Å². The molecule has 1 aliphatic heterocycles. The largest absolute Gasteiger partial charge is 0.465 e. The van der Waals surface area contributed by atoms with Gasteiger partial charge in [-0.2, -0.15) is 4.98 Å². The van der Waals surface area contributed by atoms with Crippen LogP contribution >= 0.6 is 27.3 Å². The quantitative estimate of drug-likeness (QED) is 0.307. The van der Waals surface area contributed by atoms with Crippen molar-refractivity contribution in [3.8, 4) is 0 Å². The van der Waals surface area contributed by atoms with Gasteiger partial charge in [0.05, 0.1) is 30.5 Å². The predicted octanol–water partition coefficient (Wildman–Crippen LogP) is 5.56. The number of carbonyl (C=O) groups is 1. The second-order valence-corrected chi connectivity index (χ2v) is 9.49. The summed E-state index contributed by atoms with van der Waals surface area (Å²) in [6.07, 6.45) is 1.68. The second-order valence-electron chi connectivity index (χ2n) is 7.58. The number of aromatic nitrogens is 2. The fraction of sp³-hybridized carbons (Fsp3) is 0.208. The molecule has 174 valence electrons. The number of anilines is 5. The van der Waals surface area contributed by atoms with E-state index in [0.29, 0.717) is 26.8 Å². The zero-order valence-corrected chi connectivity index (χ0v) is 20.8. The summed E-state index contributed by atoms with van der Waals surface area (Å²) in [4.78, 5) is 24.3. The van der Waals surface area contributed by atoms with E-state index in [9.17, 15) is 4.79 Å². The standard InChI is InChI=1S/C24H22BrN5O3S/c1-32-23(31)21-20(17-7-2-3-8-19(17)34-21)28-22-18(25)14-26-24(29-22)27-15-5-4-6-16(13-15)30-9-11-33-12-10-30/h2-8,13-14H,9-12H2,1H3,(H2,26,27,28,29). The van der Waals surface area contributed by atoms with Gasteiger partial charge < -0.3 is 25.0 Å². The summed E-state index contributed by atoms with van der Waals surface area (Å²) in [5.74, 6) is 0.576. The third kappa shape index (κ3) is 4.70. The molecule has 0 spiro atoms. The van der Waals surface area contributed by atoms with Gasteiger partial charge in [0.25, 0.3) is 0 Å². The molecule has 1 aliphatic rings. The van der Waals surface area contributed by atoms with E-state index in [4.69, 9.17) is 9.47 Å². The number of thiophene rings is 1. The van der Waals surface area contributed by atoms with Crippen LogP contribution < -0.4 is 15.5 Å². The Hall–Kier alpha value is -3.21. The first-order chi connectivity index (χ1) is 16.6. The lowest BCUT2D eigenvalue weighted by molar-refractivity contribution is 0.0607. The molecule has 5 rings (SSSR count). The van der Waals surface area contributed by atoms with Crippen molar-refractivity contribution >= 4 is 72.2 Å². The van der Waals surface area contributed by atoms with Crippen LogP contribution in [0.2, 0.25) is 0 Å². The summed E-state index contributed by atoms with van der Waals surface area (Å²) in [6.45, 7) is 3.19. The molecule has 0 radical (unpaired) electrons. The number of nitrogens with one attached hydrogen (secondary N) is 2. The molecular formula is C24H22BrN5O3S. The number of benzene rings is 2. The molecule has 3 heterocycles. The van der Waals surface area contributed by atoms with Crippen molar-refractivity contribution < 1.29 is 14.3 Å². The number of morpholine rings is 1. The molecule has 8 nitrogen and oxygen atoms in total. The molecule has 1 fully saturated rings. The SMILES string of the molecule is COC(=O)c1sc2ccccc2c1Nc1nc(Nc2cccc(N3CCOCC3)c2)ncc1Br. The fourth-order valence-electron chi connectivity index (χ4n) is 3.77. The maximum absolute atomic E-state index is 12.4. The molecule has 1 saturated heterocycles. The molecule has 10 heteroatoms. The highest BCUT2D eigenvalue weighted by Crippen LogP contribution is 2.39. The molecule has 0 aliphatic carbocycles. The molecule has 2 aromatic carbocycles. The summed E-state index contributed by atoms with van der Waals surface area (Å²) in [7, 11) is 1.38. The smallest absolute Gasteiger partial charge is 0.350 e. The van der Waals surface area contributed by atoms with Gasteiger partial charge in [0.2, 0.25) is 5.95 Å². The van der Waals surface area contributed by atoms with E-state index in [-0.39, 0.29) is 0 Å². The number of esters is 1. The first-order valence-electron chi connectivity index (χ1n) is 10.7. The van der Waals surface area contributed by atoms with Gasteiger partial charge in [-0.15, -0.1) is 11.3 Å². The fourth-order valence-corrected chi connectivity index (χ4v) is 5.14. The average molecular weight is 540 g/mol. The Morgan fingerprint density at radius 1 is 1.15 bits per heavy atom. The van der Waals surface area contributed by atoms with Crippen LogP contribution in [0.4, 0.5) is 28.8 Å². The lowest BCUT2D eigenvalue weighted by Gasteiger charge is -2.29. The highest BCUT2D eigenvalue weighted by atomic mass is 79.9. The minimum Gasteiger partial charge on any atom is -0.465 e. The van der Waals surface area contributed by atoms with Gasteiger partial charge in [0, 0.05) is 40.7 Å².